The number of piperazine rings is 1. The number of nitrogens with one attached hydrogen (secondary N) is 1. The number of rotatable bonds is 3. The SMILES string of the molecule is CCC1C(=O)NC(=O)CN1S(=O)(=O)c1ccc(F)cc1Cl. The number of carbonyl (C=O) groups is 2. The predicted octanol–water partition coefficient (Wildman–Crippen LogP) is 0.905. The normalized spacial score (nSPS) is 20.4. The van der Waals surface area contributed by atoms with Crippen LogP contribution in [0.1, 0.15) is 13.3 Å². The van der Waals surface area contributed by atoms with Crippen LogP contribution in [-0.2, 0) is 19.6 Å². The van der Waals surface area contributed by atoms with E-state index in [0.29, 0.717) is 0 Å². The molecule has 2 rings (SSSR count). The summed E-state index contributed by atoms with van der Waals surface area (Å²) in [4.78, 5) is 22.8. The van der Waals surface area contributed by atoms with Crippen LogP contribution in [0.25, 0.3) is 0 Å². The molecule has 9 heteroatoms. The summed E-state index contributed by atoms with van der Waals surface area (Å²) < 4.78 is 39.0. The number of amides is 2. The molecule has 2 amide bonds. The van der Waals surface area contributed by atoms with Crippen molar-refractivity contribution < 1.29 is 22.4 Å². The summed E-state index contributed by atoms with van der Waals surface area (Å²) in [7, 11) is -4.18. The van der Waals surface area contributed by atoms with Crippen molar-refractivity contribution in [3.63, 3.8) is 0 Å². The fourth-order valence-corrected chi connectivity index (χ4v) is 4.22. The molecule has 1 saturated heterocycles. The summed E-state index contributed by atoms with van der Waals surface area (Å²) in [6, 6.07) is 1.82. The van der Waals surface area contributed by atoms with E-state index in [1.807, 2.05) is 0 Å². The number of halogens is 2. The molecule has 1 aliphatic heterocycles. The Morgan fingerprint density at radius 3 is 2.67 bits per heavy atom. The van der Waals surface area contributed by atoms with Crippen molar-refractivity contribution in [2.45, 2.75) is 24.3 Å². The summed E-state index contributed by atoms with van der Waals surface area (Å²) in [6.45, 7) is 1.13. The highest BCUT2D eigenvalue weighted by molar-refractivity contribution is 7.89. The third kappa shape index (κ3) is 2.92. The molecule has 0 saturated carbocycles. The quantitative estimate of drug-likeness (QED) is 0.833. The summed E-state index contributed by atoms with van der Waals surface area (Å²) >= 11 is 5.77. The molecule has 1 aromatic carbocycles. The summed E-state index contributed by atoms with van der Waals surface area (Å²) in [6.07, 6.45) is 0.192. The molecule has 0 aliphatic carbocycles. The maximum Gasteiger partial charge on any atom is 0.245 e. The van der Waals surface area contributed by atoms with Crippen molar-refractivity contribution >= 4 is 33.4 Å². The number of imide groups is 1. The summed E-state index contributed by atoms with van der Waals surface area (Å²) in [5.41, 5.74) is 0. The Kier molecular flexibility index (Phi) is 4.31. The summed E-state index contributed by atoms with van der Waals surface area (Å²) in [5.74, 6) is -2.08. The van der Waals surface area contributed by atoms with E-state index in [1.54, 1.807) is 6.92 Å². The zero-order valence-corrected chi connectivity index (χ0v) is 12.5. The molecule has 0 radical (unpaired) electrons. The highest BCUT2D eigenvalue weighted by atomic mass is 35.5. The molecule has 1 N–H and O–H groups in total. The number of carbonyl (C=O) groups excluding carboxylic acids is 2. The molecule has 1 aromatic rings. The van der Waals surface area contributed by atoms with Crippen LogP contribution in [0.5, 0.6) is 0 Å². The van der Waals surface area contributed by atoms with Crippen molar-refractivity contribution in [1.82, 2.24) is 9.62 Å². The first-order chi connectivity index (χ1) is 9.77. The third-order valence-corrected chi connectivity index (χ3v) is 5.42. The smallest absolute Gasteiger partial charge is 0.245 e. The Bertz CT molecular complexity index is 707. The molecule has 0 bridgehead atoms. The van der Waals surface area contributed by atoms with E-state index in [9.17, 15) is 22.4 Å². The molecule has 1 heterocycles. The zero-order chi connectivity index (χ0) is 15.8. The number of hydrogen-bond acceptors (Lipinski definition) is 4. The van der Waals surface area contributed by atoms with Gasteiger partial charge in [-0.25, -0.2) is 12.8 Å². The number of benzene rings is 1. The average molecular weight is 335 g/mol. The first-order valence-corrected chi connectivity index (χ1v) is 7.89. The number of nitrogens with zero attached hydrogens (tertiary/aromatic N) is 1. The van der Waals surface area contributed by atoms with Crippen molar-refractivity contribution in [1.29, 1.82) is 0 Å². The van der Waals surface area contributed by atoms with Gasteiger partial charge in [0.2, 0.25) is 21.8 Å². The molecule has 1 atom stereocenters. The Hall–Kier alpha value is -1.51. The van der Waals surface area contributed by atoms with Crippen LogP contribution in [0.3, 0.4) is 0 Å². The van der Waals surface area contributed by atoms with Gasteiger partial charge in [0.15, 0.2) is 0 Å². The van der Waals surface area contributed by atoms with E-state index in [1.165, 1.54) is 0 Å². The van der Waals surface area contributed by atoms with Gasteiger partial charge in [0, 0.05) is 0 Å². The second-order valence-electron chi connectivity index (χ2n) is 4.46. The zero-order valence-electron chi connectivity index (χ0n) is 11.0. The highest BCUT2D eigenvalue weighted by Crippen LogP contribution is 2.28. The van der Waals surface area contributed by atoms with Crippen LogP contribution in [0.4, 0.5) is 4.39 Å². The van der Waals surface area contributed by atoms with Crippen LogP contribution < -0.4 is 5.32 Å². The van der Waals surface area contributed by atoms with Gasteiger partial charge < -0.3 is 0 Å². The minimum atomic E-state index is -4.18. The molecule has 0 spiro atoms. The predicted molar refractivity (Wildman–Crippen MR) is 72.5 cm³/mol. The lowest BCUT2D eigenvalue weighted by Crippen LogP contribution is -2.59. The molecule has 0 aromatic heterocycles. The van der Waals surface area contributed by atoms with E-state index >= 15 is 0 Å². The highest BCUT2D eigenvalue weighted by Gasteiger charge is 2.41. The monoisotopic (exact) mass is 334 g/mol. The number of hydrogen-bond donors (Lipinski definition) is 1. The first-order valence-electron chi connectivity index (χ1n) is 6.08. The van der Waals surface area contributed by atoms with Gasteiger partial charge in [-0.05, 0) is 24.6 Å². The van der Waals surface area contributed by atoms with Crippen LogP contribution in [0, 0.1) is 5.82 Å². The van der Waals surface area contributed by atoms with Crippen LogP contribution >= 0.6 is 11.6 Å². The third-order valence-electron chi connectivity index (χ3n) is 3.08. The fraction of sp³-hybridized carbons (Fsp3) is 0.333. The maximum atomic E-state index is 13.0. The van der Waals surface area contributed by atoms with E-state index in [0.717, 1.165) is 22.5 Å². The van der Waals surface area contributed by atoms with Crippen molar-refractivity contribution in [3.05, 3.63) is 29.0 Å². The second-order valence-corrected chi connectivity index (χ2v) is 6.73. The molecule has 1 fully saturated rings. The Balaban J connectivity index is 2.50. The van der Waals surface area contributed by atoms with Crippen LogP contribution in [-0.4, -0.2) is 37.1 Å². The fourth-order valence-electron chi connectivity index (χ4n) is 2.10. The van der Waals surface area contributed by atoms with E-state index in [2.05, 4.69) is 5.32 Å². The minimum absolute atomic E-state index is 0.192. The van der Waals surface area contributed by atoms with Gasteiger partial charge in [0.1, 0.15) is 16.8 Å². The van der Waals surface area contributed by atoms with E-state index < -0.39 is 40.2 Å². The van der Waals surface area contributed by atoms with E-state index in [4.69, 9.17) is 11.6 Å². The van der Waals surface area contributed by atoms with Gasteiger partial charge in [0.25, 0.3) is 0 Å². The molecule has 21 heavy (non-hydrogen) atoms. The maximum absolute atomic E-state index is 13.0. The van der Waals surface area contributed by atoms with Crippen molar-refractivity contribution in [2.75, 3.05) is 6.54 Å². The Morgan fingerprint density at radius 1 is 1.43 bits per heavy atom. The molecular formula is C12H12ClFN2O4S. The van der Waals surface area contributed by atoms with Gasteiger partial charge in [-0.15, -0.1) is 0 Å². The van der Waals surface area contributed by atoms with E-state index in [-0.39, 0.29) is 16.3 Å². The minimum Gasteiger partial charge on any atom is -0.294 e. The van der Waals surface area contributed by atoms with Gasteiger partial charge in [-0.1, -0.05) is 18.5 Å². The molecule has 1 unspecified atom stereocenters. The van der Waals surface area contributed by atoms with Gasteiger partial charge in [0.05, 0.1) is 11.6 Å². The topological polar surface area (TPSA) is 83.6 Å². The molecular weight excluding hydrogens is 323 g/mol. The first kappa shape index (κ1) is 15.9. The standard InChI is InChI=1S/C12H12ClFN2O4S/c1-2-9-12(18)15-11(17)6-16(9)21(19,20)10-4-3-7(14)5-8(10)13/h3-5,9H,2,6H2,1H3,(H,15,17,18). The van der Waals surface area contributed by atoms with Crippen molar-refractivity contribution in [3.8, 4) is 0 Å². The summed E-state index contributed by atoms with van der Waals surface area (Å²) in [5, 5.41) is 1.78. The molecule has 1 aliphatic rings. The van der Waals surface area contributed by atoms with Gasteiger partial charge >= 0.3 is 0 Å². The van der Waals surface area contributed by atoms with Gasteiger partial charge in [-0.3, -0.25) is 14.9 Å². The Labute approximate surface area is 125 Å². The number of sulfonamides is 1. The lowest BCUT2D eigenvalue weighted by Gasteiger charge is -2.32. The molecule has 114 valence electrons. The Morgan fingerprint density at radius 2 is 2.10 bits per heavy atom. The van der Waals surface area contributed by atoms with Gasteiger partial charge in [-0.2, -0.15) is 4.31 Å². The van der Waals surface area contributed by atoms with Crippen LogP contribution in [0.2, 0.25) is 5.02 Å². The lowest BCUT2D eigenvalue weighted by molar-refractivity contribution is -0.137. The van der Waals surface area contributed by atoms with Crippen molar-refractivity contribution in [2.24, 2.45) is 0 Å². The lowest BCUT2D eigenvalue weighted by atomic mass is 10.2. The largest absolute Gasteiger partial charge is 0.294 e. The second kappa shape index (κ2) is 5.70. The average Bonchev–Trinajstić information content (AvgIpc) is 2.37. The molecule has 6 nitrogen and oxygen atoms in total. The van der Waals surface area contributed by atoms with Crippen LogP contribution in [0.15, 0.2) is 23.1 Å².